The number of ether oxygens (including phenoxy) is 1. The summed E-state index contributed by atoms with van der Waals surface area (Å²) in [5.41, 5.74) is 2.95. The van der Waals surface area contributed by atoms with Crippen LogP contribution in [0.15, 0.2) is 24.3 Å². The Morgan fingerprint density at radius 2 is 1.80 bits per heavy atom. The number of anilines is 2. The lowest BCUT2D eigenvalue weighted by molar-refractivity contribution is 0.0600. The number of thiophene rings is 1. The number of rotatable bonds is 5. The number of carbonyl (C=O) groups is 2. The highest BCUT2D eigenvalue weighted by Gasteiger charge is 2.22. The third-order valence-corrected chi connectivity index (χ3v) is 6.48. The summed E-state index contributed by atoms with van der Waals surface area (Å²) in [5.74, 6) is -0.298. The van der Waals surface area contributed by atoms with E-state index in [0.717, 1.165) is 48.5 Å². The maximum absolute atomic E-state index is 12.6. The van der Waals surface area contributed by atoms with Crippen LogP contribution >= 0.6 is 23.6 Å². The van der Waals surface area contributed by atoms with E-state index < -0.39 is 0 Å². The fourth-order valence-electron chi connectivity index (χ4n) is 3.65. The molecule has 1 fully saturated rings. The zero-order chi connectivity index (χ0) is 21.7. The van der Waals surface area contributed by atoms with Crippen molar-refractivity contribution in [1.82, 2.24) is 4.90 Å². The number of likely N-dealkylation sites (tertiary alicyclic amines) is 1. The molecule has 1 amide bonds. The zero-order valence-electron chi connectivity index (χ0n) is 17.5. The molecule has 0 radical (unpaired) electrons. The first-order valence-corrected chi connectivity index (χ1v) is 11.3. The van der Waals surface area contributed by atoms with Crippen LogP contribution in [0.1, 0.15) is 57.3 Å². The van der Waals surface area contributed by atoms with Crippen molar-refractivity contribution in [2.24, 2.45) is 0 Å². The van der Waals surface area contributed by atoms with Crippen molar-refractivity contribution < 1.29 is 14.3 Å². The fourth-order valence-corrected chi connectivity index (χ4v) is 5.07. The smallest absolute Gasteiger partial charge is 0.341 e. The molecule has 1 aliphatic heterocycles. The molecule has 1 aliphatic rings. The molecule has 0 bridgehead atoms. The SMILES string of the molecule is CCc1c(C)sc(NC(=S)Nc2ccc(C(=O)N3CCCCC3)cc2)c1C(=O)OC. The number of carbonyl (C=O) groups excluding carboxylic acids is 2. The Kier molecular flexibility index (Phi) is 7.44. The first-order chi connectivity index (χ1) is 14.4. The van der Waals surface area contributed by atoms with Crippen molar-refractivity contribution in [2.45, 2.75) is 39.5 Å². The molecule has 1 aromatic heterocycles. The predicted molar refractivity (Wildman–Crippen MR) is 126 cm³/mol. The fraction of sp³-hybridized carbons (Fsp3) is 0.409. The summed E-state index contributed by atoms with van der Waals surface area (Å²) in [7, 11) is 1.38. The highest BCUT2D eigenvalue weighted by atomic mass is 32.1. The number of thiocarbonyl (C=S) groups is 1. The molecule has 6 nitrogen and oxygen atoms in total. The van der Waals surface area contributed by atoms with Crippen LogP contribution in [0.25, 0.3) is 0 Å². The van der Waals surface area contributed by atoms with Crippen LogP contribution in [0, 0.1) is 6.92 Å². The van der Waals surface area contributed by atoms with Crippen molar-refractivity contribution in [2.75, 3.05) is 30.8 Å². The van der Waals surface area contributed by atoms with Crippen molar-refractivity contribution in [3.05, 3.63) is 45.8 Å². The summed E-state index contributed by atoms with van der Waals surface area (Å²) in [4.78, 5) is 27.8. The third kappa shape index (κ3) is 4.99. The minimum absolute atomic E-state index is 0.0748. The van der Waals surface area contributed by atoms with E-state index in [1.807, 2.05) is 43.0 Å². The Morgan fingerprint density at radius 1 is 1.13 bits per heavy atom. The molecule has 2 heterocycles. The first-order valence-electron chi connectivity index (χ1n) is 10.1. The quantitative estimate of drug-likeness (QED) is 0.507. The summed E-state index contributed by atoms with van der Waals surface area (Å²) in [6, 6.07) is 7.30. The van der Waals surface area contributed by atoms with Gasteiger partial charge in [0.25, 0.3) is 5.91 Å². The average molecular weight is 446 g/mol. The Morgan fingerprint density at radius 3 is 2.40 bits per heavy atom. The van der Waals surface area contributed by atoms with Gasteiger partial charge < -0.3 is 20.3 Å². The molecule has 0 saturated carbocycles. The number of methoxy groups -OCH3 is 1. The minimum atomic E-state index is -0.373. The number of hydrogen-bond acceptors (Lipinski definition) is 5. The number of hydrogen-bond donors (Lipinski definition) is 2. The normalized spacial score (nSPS) is 13.6. The molecule has 30 heavy (non-hydrogen) atoms. The van der Waals surface area contributed by atoms with E-state index in [0.29, 0.717) is 21.2 Å². The van der Waals surface area contributed by atoms with E-state index in [1.54, 1.807) is 0 Å². The molecular formula is C22H27N3O3S2. The lowest BCUT2D eigenvalue weighted by Crippen LogP contribution is -2.35. The van der Waals surface area contributed by atoms with E-state index in [1.165, 1.54) is 24.9 Å². The second kappa shape index (κ2) is 10.0. The number of piperidine rings is 1. The molecule has 8 heteroatoms. The van der Waals surface area contributed by atoms with Crippen LogP contribution in [-0.4, -0.2) is 42.1 Å². The van der Waals surface area contributed by atoms with Gasteiger partial charge in [0.1, 0.15) is 5.00 Å². The number of amides is 1. The lowest BCUT2D eigenvalue weighted by Gasteiger charge is -2.26. The molecule has 3 rings (SSSR count). The van der Waals surface area contributed by atoms with E-state index >= 15 is 0 Å². The highest BCUT2D eigenvalue weighted by Crippen LogP contribution is 2.34. The van der Waals surface area contributed by atoms with Gasteiger partial charge in [-0.25, -0.2) is 4.79 Å². The van der Waals surface area contributed by atoms with E-state index in [-0.39, 0.29) is 11.9 Å². The number of nitrogens with zero attached hydrogens (tertiary/aromatic N) is 1. The van der Waals surface area contributed by atoms with E-state index in [9.17, 15) is 9.59 Å². The molecule has 0 atom stereocenters. The third-order valence-electron chi connectivity index (χ3n) is 5.21. The summed E-state index contributed by atoms with van der Waals surface area (Å²) >= 11 is 6.91. The molecule has 0 unspecified atom stereocenters. The van der Waals surface area contributed by atoms with Crippen molar-refractivity contribution in [3.8, 4) is 0 Å². The van der Waals surface area contributed by atoms with Crippen molar-refractivity contribution >= 4 is 51.2 Å². The first kappa shape index (κ1) is 22.2. The van der Waals surface area contributed by atoms with Crippen molar-refractivity contribution in [3.63, 3.8) is 0 Å². The maximum atomic E-state index is 12.6. The molecule has 1 saturated heterocycles. The van der Waals surface area contributed by atoms with E-state index in [4.69, 9.17) is 17.0 Å². The Balaban J connectivity index is 1.67. The number of esters is 1. The number of aryl methyl sites for hydroxylation is 1. The van der Waals surface area contributed by atoms with Gasteiger partial charge in [-0.1, -0.05) is 6.92 Å². The van der Waals surface area contributed by atoms with Crippen LogP contribution in [0.5, 0.6) is 0 Å². The molecule has 160 valence electrons. The minimum Gasteiger partial charge on any atom is -0.465 e. The van der Waals surface area contributed by atoms with Gasteiger partial charge in [0, 0.05) is 29.2 Å². The van der Waals surface area contributed by atoms with Crippen LogP contribution in [0.4, 0.5) is 10.7 Å². The molecule has 2 aromatic rings. The van der Waals surface area contributed by atoms with Gasteiger partial charge in [-0.05, 0) is 74.7 Å². The summed E-state index contributed by atoms with van der Waals surface area (Å²) in [6.07, 6.45) is 4.07. The van der Waals surface area contributed by atoms with Gasteiger partial charge >= 0.3 is 5.97 Å². The van der Waals surface area contributed by atoms with Gasteiger partial charge in [-0.2, -0.15) is 0 Å². The van der Waals surface area contributed by atoms with Crippen molar-refractivity contribution in [1.29, 1.82) is 0 Å². The topological polar surface area (TPSA) is 70.7 Å². The average Bonchev–Trinajstić information content (AvgIpc) is 3.08. The van der Waals surface area contributed by atoms with Gasteiger partial charge in [0.15, 0.2) is 5.11 Å². The van der Waals surface area contributed by atoms with Crippen LogP contribution in [0.2, 0.25) is 0 Å². The number of nitrogens with one attached hydrogen (secondary N) is 2. The molecule has 1 aromatic carbocycles. The molecule has 0 spiro atoms. The van der Waals surface area contributed by atoms with Gasteiger partial charge in [0.05, 0.1) is 12.7 Å². The lowest BCUT2D eigenvalue weighted by atomic mass is 10.1. The molecular weight excluding hydrogens is 418 g/mol. The van der Waals surface area contributed by atoms with E-state index in [2.05, 4.69) is 10.6 Å². The largest absolute Gasteiger partial charge is 0.465 e. The van der Waals surface area contributed by atoms with Gasteiger partial charge in [0.2, 0.25) is 0 Å². The van der Waals surface area contributed by atoms with Gasteiger partial charge in [-0.3, -0.25) is 4.79 Å². The summed E-state index contributed by atoms with van der Waals surface area (Å²) in [5, 5.41) is 7.28. The standard InChI is InChI=1S/C22H27N3O3S2/c1-4-17-14(2)30-19(18(17)21(27)28-3)24-22(29)23-16-10-8-15(9-11-16)20(26)25-12-6-5-7-13-25/h8-11H,4-7,12-13H2,1-3H3,(H2,23,24,29). The Labute approximate surface area is 186 Å². The Hall–Kier alpha value is -2.45. The second-order valence-electron chi connectivity index (χ2n) is 7.20. The zero-order valence-corrected chi connectivity index (χ0v) is 19.2. The summed E-state index contributed by atoms with van der Waals surface area (Å²) in [6.45, 7) is 5.65. The molecule has 0 aliphatic carbocycles. The predicted octanol–water partition coefficient (Wildman–Crippen LogP) is 4.84. The van der Waals surface area contributed by atoms with Crippen LogP contribution in [0.3, 0.4) is 0 Å². The second-order valence-corrected chi connectivity index (χ2v) is 8.83. The number of benzene rings is 1. The van der Waals surface area contributed by atoms with Crippen LogP contribution < -0.4 is 10.6 Å². The summed E-state index contributed by atoms with van der Waals surface area (Å²) < 4.78 is 4.95. The van der Waals surface area contributed by atoms with Crippen LogP contribution in [-0.2, 0) is 11.2 Å². The monoisotopic (exact) mass is 445 g/mol. The van der Waals surface area contributed by atoms with Gasteiger partial charge in [-0.15, -0.1) is 11.3 Å². The Bertz CT molecular complexity index is 932. The molecule has 2 N–H and O–H groups in total. The highest BCUT2D eigenvalue weighted by molar-refractivity contribution is 7.80. The maximum Gasteiger partial charge on any atom is 0.341 e.